The third-order valence-electron chi connectivity index (χ3n) is 2.62. The summed E-state index contributed by atoms with van der Waals surface area (Å²) >= 11 is 5.98. The summed E-state index contributed by atoms with van der Waals surface area (Å²) in [5.41, 5.74) is 0.826. The van der Waals surface area contributed by atoms with Crippen LogP contribution in [0.25, 0.3) is 0 Å². The highest BCUT2D eigenvalue weighted by Crippen LogP contribution is 2.21. The Balaban J connectivity index is 2.80. The zero-order chi connectivity index (χ0) is 15.1. The number of benzene rings is 1. The van der Waals surface area contributed by atoms with E-state index in [1.165, 1.54) is 6.07 Å². The fraction of sp³-hybridized carbons (Fsp3) is 0.429. The van der Waals surface area contributed by atoms with Crippen molar-refractivity contribution in [2.24, 2.45) is 5.92 Å². The van der Waals surface area contributed by atoms with E-state index >= 15 is 0 Å². The topological polar surface area (TPSA) is 78.4 Å². The molecule has 0 saturated carbocycles. The highest BCUT2D eigenvalue weighted by molar-refractivity contribution is 6.34. The molecule has 20 heavy (non-hydrogen) atoms. The number of halogens is 1. The van der Waals surface area contributed by atoms with Crippen molar-refractivity contribution in [3.63, 3.8) is 0 Å². The van der Waals surface area contributed by atoms with Crippen LogP contribution in [0, 0.1) is 5.92 Å². The molecule has 0 saturated heterocycles. The summed E-state index contributed by atoms with van der Waals surface area (Å²) in [5.74, 6) is -0.601. The first-order valence-corrected chi connectivity index (χ1v) is 6.83. The SMILES string of the molecule is CC(C)C(=O)Nc1ccc(Cl)c(C(=O)NCCCO)c1. The molecule has 0 radical (unpaired) electrons. The molecule has 0 unspecified atom stereocenters. The van der Waals surface area contributed by atoms with E-state index in [0.29, 0.717) is 29.2 Å². The lowest BCUT2D eigenvalue weighted by atomic mass is 10.1. The molecule has 0 aliphatic heterocycles. The zero-order valence-electron chi connectivity index (χ0n) is 11.6. The minimum absolute atomic E-state index is 0.0124. The standard InChI is InChI=1S/C14H19ClN2O3/c1-9(2)13(19)17-10-4-5-12(15)11(8-10)14(20)16-6-3-7-18/h4-5,8-9,18H,3,6-7H2,1-2H3,(H,16,20)(H,17,19). The van der Waals surface area contributed by atoms with Gasteiger partial charge in [0.15, 0.2) is 0 Å². The molecular formula is C14H19ClN2O3. The van der Waals surface area contributed by atoms with E-state index in [1.54, 1.807) is 26.0 Å². The maximum Gasteiger partial charge on any atom is 0.252 e. The second kappa shape index (κ2) is 7.87. The number of carbonyl (C=O) groups is 2. The van der Waals surface area contributed by atoms with Gasteiger partial charge >= 0.3 is 0 Å². The number of hydrogen-bond donors (Lipinski definition) is 3. The highest BCUT2D eigenvalue weighted by atomic mass is 35.5. The Hall–Kier alpha value is -1.59. The van der Waals surface area contributed by atoms with Gasteiger partial charge < -0.3 is 15.7 Å². The number of rotatable bonds is 6. The number of carbonyl (C=O) groups excluding carboxylic acids is 2. The van der Waals surface area contributed by atoms with Crippen LogP contribution in [-0.4, -0.2) is 30.1 Å². The molecule has 0 fully saturated rings. The Morgan fingerprint density at radius 2 is 2.05 bits per heavy atom. The molecule has 2 amide bonds. The second-order valence-electron chi connectivity index (χ2n) is 4.67. The molecule has 110 valence electrons. The molecule has 5 nitrogen and oxygen atoms in total. The van der Waals surface area contributed by atoms with Crippen molar-refractivity contribution in [3.05, 3.63) is 28.8 Å². The molecular weight excluding hydrogens is 280 g/mol. The number of nitrogens with one attached hydrogen (secondary N) is 2. The average Bonchev–Trinajstić information content (AvgIpc) is 2.40. The zero-order valence-corrected chi connectivity index (χ0v) is 12.3. The maximum absolute atomic E-state index is 11.9. The van der Waals surface area contributed by atoms with Crippen molar-refractivity contribution in [1.29, 1.82) is 0 Å². The quantitative estimate of drug-likeness (QED) is 0.703. The van der Waals surface area contributed by atoms with E-state index in [2.05, 4.69) is 10.6 Å². The Morgan fingerprint density at radius 1 is 1.35 bits per heavy atom. The van der Waals surface area contributed by atoms with Crippen LogP contribution < -0.4 is 10.6 Å². The Kier molecular flexibility index (Phi) is 6.48. The number of amides is 2. The Morgan fingerprint density at radius 3 is 2.65 bits per heavy atom. The molecule has 0 atom stereocenters. The summed E-state index contributed by atoms with van der Waals surface area (Å²) < 4.78 is 0. The molecule has 0 aliphatic carbocycles. The normalized spacial score (nSPS) is 10.4. The van der Waals surface area contributed by atoms with Crippen LogP contribution in [0.15, 0.2) is 18.2 Å². The van der Waals surface area contributed by atoms with Gasteiger partial charge in [0.1, 0.15) is 0 Å². The molecule has 0 bridgehead atoms. The number of aliphatic hydroxyl groups excluding tert-OH is 1. The molecule has 0 heterocycles. The van der Waals surface area contributed by atoms with Gasteiger partial charge in [-0.1, -0.05) is 25.4 Å². The summed E-state index contributed by atoms with van der Waals surface area (Å²) in [4.78, 5) is 23.5. The van der Waals surface area contributed by atoms with Gasteiger partial charge in [-0.25, -0.2) is 0 Å². The van der Waals surface area contributed by atoms with E-state index in [0.717, 1.165) is 0 Å². The molecule has 0 spiro atoms. The maximum atomic E-state index is 11.9. The van der Waals surface area contributed by atoms with Gasteiger partial charge in [-0.15, -0.1) is 0 Å². The van der Waals surface area contributed by atoms with Gasteiger partial charge in [-0.3, -0.25) is 9.59 Å². The molecule has 6 heteroatoms. The van der Waals surface area contributed by atoms with Crippen LogP contribution in [-0.2, 0) is 4.79 Å². The minimum Gasteiger partial charge on any atom is -0.396 e. The fourth-order valence-electron chi connectivity index (χ4n) is 1.44. The van der Waals surface area contributed by atoms with E-state index in [9.17, 15) is 9.59 Å². The van der Waals surface area contributed by atoms with Crippen LogP contribution in [0.5, 0.6) is 0 Å². The molecule has 0 aromatic heterocycles. The van der Waals surface area contributed by atoms with Crippen LogP contribution in [0.4, 0.5) is 5.69 Å². The van der Waals surface area contributed by atoms with Gasteiger partial charge in [0.05, 0.1) is 10.6 Å². The lowest BCUT2D eigenvalue weighted by Crippen LogP contribution is -2.25. The van der Waals surface area contributed by atoms with Crippen molar-refractivity contribution in [1.82, 2.24) is 5.32 Å². The summed E-state index contributed by atoms with van der Waals surface area (Å²) in [6.07, 6.45) is 0.479. The van der Waals surface area contributed by atoms with E-state index < -0.39 is 0 Å². The molecule has 1 aromatic carbocycles. The van der Waals surface area contributed by atoms with Crippen molar-refractivity contribution in [2.45, 2.75) is 20.3 Å². The first-order valence-electron chi connectivity index (χ1n) is 6.45. The van der Waals surface area contributed by atoms with Gasteiger partial charge in [0, 0.05) is 24.8 Å². The van der Waals surface area contributed by atoms with Crippen molar-refractivity contribution < 1.29 is 14.7 Å². The van der Waals surface area contributed by atoms with Crippen molar-refractivity contribution >= 4 is 29.1 Å². The van der Waals surface area contributed by atoms with Crippen LogP contribution in [0.2, 0.25) is 5.02 Å². The lowest BCUT2D eigenvalue weighted by Gasteiger charge is -2.11. The molecule has 1 aromatic rings. The third-order valence-corrected chi connectivity index (χ3v) is 2.95. The Bertz CT molecular complexity index is 489. The Labute approximate surface area is 123 Å². The van der Waals surface area contributed by atoms with E-state index in [4.69, 9.17) is 16.7 Å². The largest absolute Gasteiger partial charge is 0.396 e. The van der Waals surface area contributed by atoms with Gasteiger partial charge in [0.2, 0.25) is 5.91 Å². The van der Waals surface area contributed by atoms with E-state index in [-0.39, 0.29) is 24.3 Å². The average molecular weight is 299 g/mol. The van der Waals surface area contributed by atoms with Crippen LogP contribution in [0.3, 0.4) is 0 Å². The summed E-state index contributed by atoms with van der Waals surface area (Å²) in [6, 6.07) is 4.75. The predicted molar refractivity (Wildman–Crippen MR) is 79.0 cm³/mol. The summed E-state index contributed by atoms with van der Waals surface area (Å²) in [7, 11) is 0. The minimum atomic E-state index is -0.330. The first-order chi connectivity index (χ1) is 9.45. The van der Waals surface area contributed by atoms with Crippen LogP contribution >= 0.6 is 11.6 Å². The summed E-state index contributed by atoms with van der Waals surface area (Å²) in [5, 5.41) is 14.4. The number of hydrogen-bond acceptors (Lipinski definition) is 3. The van der Waals surface area contributed by atoms with Crippen LogP contribution in [0.1, 0.15) is 30.6 Å². The lowest BCUT2D eigenvalue weighted by molar-refractivity contribution is -0.118. The fourth-order valence-corrected chi connectivity index (χ4v) is 1.64. The second-order valence-corrected chi connectivity index (χ2v) is 5.08. The number of aliphatic hydroxyl groups is 1. The predicted octanol–water partition coefficient (Wildman–Crippen LogP) is 2.05. The van der Waals surface area contributed by atoms with Crippen molar-refractivity contribution in [2.75, 3.05) is 18.5 Å². The molecule has 0 aliphatic rings. The van der Waals surface area contributed by atoms with Gasteiger partial charge in [-0.05, 0) is 24.6 Å². The highest BCUT2D eigenvalue weighted by Gasteiger charge is 2.13. The number of anilines is 1. The smallest absolute Gasteiger partial charge is 0.252 e. The first kappa shape index (κ1) is 16.5. The van der Waals surface area contributed by atoms with E-state index in [1.807, 2.05) is 0 Å². The van der Waals surface area contributed by atoms with Gasteiger partial charge in [0.25, 0.3) is 5.91 Å². The molecule has 3 N–H and O–H groups in total. The summed E-state index contributed by atoms with van der Waals surface area (Å²) in [6.45, 7) is 3.95. The third kappa shape index (κ3) is 4.83. The monoisotopic (exact) mass is 298 g/mol. The molecule has 1 rings (SSSR count). The van der Waals surface area contributed by atoms with Gasteiger partial charge in [-0.2, -0.15) is 0 Å². The van der Waals surface area contributed by atoms with Crippen molar-refractivity contribution in [3.8, 4) is 0 Å².